The number of fused-ring (bicyclic) bond motifs is 1. The first-order valence-corrected chi connectivity index (χ1v) is 7.28. The molecule has 0 fully saturated rings. The minimum atomic E-state index is -0.363. The van der Waals surface area contributed by atoms with E-state index in [-0.39, 0.29) is 10.7 Å². The number of rotatable bonds is 1. The predicted octanol–water partition coefficient (Wildman–Crippen LogP) is 5.58. The molecule has 0 saturated carbocycles. The number of hydrogen-bond acceptors (Lipinski definition) is 3. The molecule has 0 aliphatic carbocycles. The van der Waals surface area contributed by atoms with Crippen LogP contribution in [0.4, 0.5) is 4.39 Å². The third-order valence-corrected chi connectivity index (χ3v) is 4.04. The molecule has 3 rings (SSSR count). The van der Waals surface area contributed by atoms with Gasteiger partial charge in [0.05, 0.1) is 11.1 Å². The second-order valence-electron chi connectivity index (χ2n) is 4.13. The zero-order valence-corrected chi connectivity index (χ0v) is 13.2. The molecule has 0 bridgehead atoms. The highest BCUT2D eigenvalue weighted by Gasteiger charge is 2.07. The summed E-state index contributed by atoms with van der Waals surface area (Å²) >= 11 is 14.0. The van der Waals surface area contributed by atoms with Crippen LogP contribution < -0.4 is 0 Å². The van der Waals surface area contributed by atoms with Gasteiger partial charge in [-0.25, -0.2) is 4.39 Å². The average Bonchev–Trinajstić information content (AvgIpc) is 2.42. The highest BCUT2D eigenvalue weighted by atomic mass is 79.9. The van der Waals surface area contributed by atoms with Crippen molar-refractivity contribution in [2.24, 2.45) is 0 Å². The standard InChI is InChI=1S/C14H7BrFNOS2/c15-8-1-4-10(5-2-8)17-13(19)11-7-9(16)3-6-12(11)18-14(17)20/h1-7H. The van der Waals surface area contributed by atoms with E-state index in [0.29, 0.717) is 15.6 Å². The zero-order valence-electron chi connectivity index (χ0n) is 9.97. The van der Waals surface area contributed by atoms with Gasteiger partial charge in [0, 0.05) is 4.47 Å². The Morgan fingerprint density at radius 3 is 2.45 bits per heavy atom. The predicted molar refractivity (Wildman–Crippen MR) is 84.9 cm³/mol. The molecule has 3 aromatic rings. The first-order valence-electron chi connectivity index (χ1n) is 5.67. The van der Waals surface area contributed by atoms with Crippen LogP contribution in [0.2, 0.25) is 0 Å². The van der Waals surface area contributed by atoms with Crippen LogP contribution in [0.1, 0.15) is 0 Å². The number of nitrogens with zero attached hydrogens (tertiary/aromatic N) is 1. The van der Waals surface area contributed by atoms with Crippen LogP contribution in [0.3, 0.4) is 0 Å². The summed E-state index contributed by atoms with van der Waals surface area (Å²) in [6.45, 7) is 0. The first-order chi connectivity index (χ1) is 9.56. The lowest BCUT2D eigenvalue weighted by molar-refractivity contribution is 0.535. The highest BCUT2D eigenvalue weighted by molar-refractivity contribution is 9.10. The number of benzene rings is 2. The number of aromatic nitrogens is 1. The molecule has 1 aromatic heterocycles. The Bertz CT molecular complexity index is 915. The molecule has 2 nitrogen and oxygen atoms in total. The van der Waals surface area contributed by atoms with Crippen molar-refractivity contribution in [3.05, 3.63) is 62.2 Å². The van der Waals surface area contributed by atoms with Crippen molar-refractivity contribution >= 4 is 51.3 Å². The SMILES string of the molecule is Fc1ccc2oc(=S)n(-c3ccc(Br)cc3)c(=S)c2c1. The summed E-state index contributed by atoms with van der Waals surface area (Å²) in [5, 5.41) is 0.525. The molecule has 1 heterocycles. The summed E-state index contributed by atoms with van der Waals surface area (Å²) in [6, 6.07) is 11.7. The average molecular weight is 368 g/mol. The molecule has 0 spiro atoms. The number of hydrogen-bond donors (Lipinski definition) is 0. The molecule has 0 aliphatic heterocycles. The van der Waals surface area contributed by atoms with Gasteiger partial charge in [0.15, 0.2) is 0 Å². The van der Waals surface area contributed by atoms with Crippen molar-refractivity contribution in [3.63, 3.8) is 0 Å². The van der Waals surface area contributed by atoms with E-state index < -0.39 is 0 Å². The molecule has 6 heteroatoms. The van der Waals surface area contributed by atoms with Gasteiger partial charge in [-0.1, -0.05) is 28.1 Å². The monoisotopic (exact) mass is 367 g/mol. The van der Waals surface area contributed by atoms with E-state index >= 15 is 0 Å². The molecular weight excluding hydrogens is 361 g/mol. The molecule has 20 heavy (non-hydrogen) atoms. The van der Waals surface area contributed by atoms with Gasteiger partial charge in [-0.15, -0.1) is 0 Å². The van der Waals surface area contributed by atoms with Gasteiger partial charge in [-0.3, -0.25) is 4.57 Å². The van der Waals surface area contributed by atoms with Gasteiger partial charge < -0.3 is 4.42 Å². The maximum atomic E-state index is 13.4. The normalized spacial score (nSPS) is 10.9. The van der Waals surface area contributed by atoms with Gasteiger partial charge in [0.1, 0.15) is 16.0 Å². The van der Waals surface area contributed by atoms with Crippen LogP contribution in [0.25, 0.3) is 16.7 Å². The zero-order chi connectivity index (χ0) is 14.3. The van der Waals surface area contributed by atoms with Crippen LogP contribution >= 0.6 is 40.4 Å². The Kier molecular flexibility index (Phi) is 3.54. The van der Waals surface area contributed by atoms with E-state index in [4.69, 9.17) is 28.9 Å². The fraction of sp³-hybridized carbons (Fsp3) is 0. The summed E-state index contributed by atoms with van der Waals surface area (Å²) < 4.78 is 21.9. The molecule has 0 N–H and O–H groups in total. The second-order valence-corrected chi connectivity index (χ2v) is 5.78. The molecule has 0 aliphatic rings. The largest absolute Gasteiger partial charge is 0.431 e. The van der Waals surface area contributed by atoms with Crippen LogP contribution in [-0.4, -0.2) is 4.57 Å². The molecule has 0 unspecified atom stereocenters. The Hall–Kier alpha value is -1.37. The van der Waals surface area contributed by atoms with Gasteiger partial charge in [-0.2, -0.15) is 0 Å². The lowest BCUT2D eigenvalue weighted by Gasteiger charge is -2.08. The van der Waals surface area contributed by atoms with Crippen molar-refractivity contribution in [2.75, 3.05) is 0 Å². The quantitative estimate of drug-likeness (QED) is 0.522. The second kappa shape index (κ2) is 5.20. The molecular formula is C14H7BrFNOS2. The van der Waals surface area contributed by atoms with E-state index in [2.05, 4.69) is 15.9 Å². The lowest BCUT2D eigenvalue weighted by Crippen LogP contribution is -1.99. The minimum Gasteiger partial charge on any atom is -0.431 e. The van der Waals surface area contributed by atoms with Crippen molar-refractivity contribution in [1.82, 2.24) is 4.57 Å². The maximum Gasteiger partial charge on any atom is 0.274 e. The van der Waals surface area contributed by atoms with E-state index in [1.54, 1.807) is 4.57 Å². The van der Waals surface area contributed by atoms with Crippen molar-refractivity contribution in [1.29, 1.82) is 0 Å². The van der Waals surface area contributed by atoms with E-state index in [9.17, 15) is 4.39 Å². The van der Waals surface area contributed by atoms with Crippen molar-refractivity contribution < 1.29 is 8.81 Å². The smallest absolute Gasteiger partial charge is 0.274 e. The summed E-state index contributed by atoms with van der Waals surface area (Å²) in [5.74, 6) is -0.363. The third-order valence-electron chi connectivity index (χ3n) is 2.84. The molecule has 0 radical (unpaired) electrons. The van der Waals surface area contributed by atoms with E-state index in [0.717, 1.165) is 10.2 Å². The van der Waals surface area contributed by atoms with Crippen LogP contribution in [0.15, 0.2) is 51.4 Å². The van der Waals surface area contributed by atoms with Gasteiger partial charge in [-0.05, 0) is 54.7 Å². The third kappa shape index (κ3) is 2.34. The molecule has 0 saturated heterocycles. The Morgan fingerprint density at radius 1 is 1.05 bits per heavy atom. The fourth-order valence-electron chi connectivity index (χ4n) is 1.91. The Morgan fingerprint density at radius 2 is 1.75 bits per heavy atom. The molecule has 2 aromatic carbocycles. The topological polar surface area (TPSA) is 18.1 Å². The molecule has 0 atom stereocenters. The Labute approximate surface area is 132 Å². The first kappa shape index (κ1) is 13.6. The van der Waals surface area contributed by atoms with Crippen molar-refractivity contribution in [3.8, 4) is 5.69 Å². The number of halogens is 2. The minimum absolute atomic E-state index is 0.233. The molecule has 100 valence electrons. The van der Waals surface area contributed by atoms with Crippen LogP contribution in [0, 0.1) is 15.3 Å². The van der Waals surface area contributed by atoms with Crippen LogP contribution in [-0.2, 0) is 0 Å². The summed E-state index contributed by atoms with van der Waals surface area (Å²) in [5.41, 5.74) is 1.26. The van der Waals surface area contributed by atoms with Gasteiger partial charge >= 0.3 is 0 Å². The summed E-state index contributed by atoms with van der Waals surface area (Å²) in [7, 11) is 0. The highest BCUT2D eigenvalue weighted by Crippen LogP contribution is 2.22. The maximum absolute atomic E-state index is 13.4. The van der Waals surface area contributed by atoms with Crippen LogP contribution in [0.5, 0.6) is 0 Å². The lowest BCUT2D eigenvalue weighted by atomic mass is 10.2. The van der Waals surface area contributed by atoms with E-state index in [1.807, 2.05) is 24.3 Å². The van der Waals surface area contributed by atoms with Gasteiger partial charge in [0.2, 0.25) is 0 Å². The Balaban J connectivity index is 2.39. The van der Waals surface area contributed by atoms with Crippen molar-refractivity contribution in [2.45, 2.75) is 0 Å². The van der Waals surface area contributed by atoms with Gasteiger partial charge in [0.25, 0.3) is 4.84 Å². The fourth-order valence-corrected chi connectivity index (χ4v) is 2.87. The van der Waals surface area contributed by atoms with E-state index in [1.165, 1.54) is 18.2 Å². The summed E-state index contributed by atoms with van der Waals surface area (Å²) in [4.78, 5) is 0.233. The molecule has 0 amide bonds. The summed E-state index contributed by atoms with van der Waals surface area (Å²) in [6.07, 6.45) is 0.